The summed E-state index contributed by atoms with van der Waals surface area (Å²) in [7, 11) is 0. The molecule has 0 fully saturated rings. The molecule has 0 amide bonds. The molecule has 0 aliphatic heterocycles. The molecule has 0 saturated carbocycles. The van der Waals surface area contributed by atoms with Crippen molar-refractivity contribution >= 4 is 71.4 Å². The predicted molar refractivity (Wildman–Crippen MR) is 231 cm³/mol. The minimum Gasteiger partial charge on any atom is -0.314 e. The molecule has 0 N–H and O–H groups in total. The molecule has 9 aromatic carbocycles. The number of allylic oxidation sites excluding steroid dienone is 2. The lowest BCUT2D eigenvalue weighted by Crippen LogP contribution is -2.57. The van der Waals surface area contributed by atoms with E-state index in [0.717, 1.165) is 22.7 Å². The second kappa shape index (κ2) is 13.3. The number of nitrogens with zero attached hydrogens (tertiary/aromatic N) is 2. The van der Waals surface area contributed by atoms with E-state index in [2.05, 4.69) is 228 Å². The smallest absolute Gasteiger partial charge is 0.145 e. The summed E-state index contributed by atoms with van der Waals surface area (Å²) in [6.45, 7) is 0. The molecule has 54 heavy (non-hydrogen) atoms. The largest absolute Gasteiger partial charge is 0.314 e. The lowest BCUT2D eigenvalue weighted by molar-refractivity contribution is 0.526. The molecule has 9 aromatic rings. The number of anilines is 4. The van der Waals surface area contributed by atoms with Crippen molar-refractivity contribution in [1.29, 1.82) is 0 Å². The lowest BCUT2D eigenvalue weighted by Gasteiger charge is -2.52. The highest BCUT2D eigenvalue weighted by atomic mass is 15.4. The summed E-state index contributed by atoms with van der Waals surface area (Å²) in [5, 5.41) is 9.72. The summed E-state index contributed by atoms with van der Waals surface area (Å²) in [4.78, 5) is 5.15. The standard InChI is InChI=1S/C52H38N2/c1-2-12-38(13-3-1)43-30-32-52(33-31-43,53(48-26-22-39-14-4-8-18-44(39)34-48)49-27-23-40-15-5-9-19-45(40)35-49)54(50-28-24-41-16-6-10-20-46(41)36-50)51-29-25-42-17-7-11-21-47(42)37-51/h1-32,34-37H,33H2. The van der Waals surface area contributed by atoms with Crippen molar-refractivity contribution < 1.29 is 0 Å². The van der Waals surface area contributed by atoms with Crippen LogP contribution in [0.1, 0.15) is 12.0 Å². The van der Waals surface area contributed by atoms with E-state index in [1.807, 2.05) is 0 Å². The molecule has 0 bridgehead atoms. The molecule has 256 valence electrons. The summed E-state index contributed by atoms with van der Waals surface area (Å²) < 4.78 is 0. The third-order valence-corrected chi connectivity index (χ3v) is 11.0. The molecule has 0 saturated heterocycles. The van der Waals surface area contributed by atoms with Crippen LogP contribution in [-0.4, -0.2) is 5.66 Å². The molecule has 1 aliphatic rings. The topological polar surface area (TPSA) is 6.48 Å². The van der Waals surface area contributed by atoms with Crippen LogP contribution in [0.3, 0.4) is 0 Å². The van der Waals surface area contributed by atoms with Crippen LogP contribution in [-0.2, 0) is 0 Å². The van der Waals surface area contributed by atoms with Crippen molar-refractivity contribution in [2.75, 3.05) is 9.80 Å². The molecule has 0 heterocycles. The maximum Gasteiger partial charge on any atom is 0.145 e. The summed E-state index contributed by atoms with van der Waals surface area (Å²) in [6, 6.07) is 73.1. The Morgan fingerprint density at radius 1 is 0.333 bits per heavy atom. The van der Waals surface area contributed by atoms with Gasteiger partial charge in [-0.3, -0.25) is 0 Å². The van der Waals surface area contributed by atoms with E-state index in [1.165, 1.54) is 54.2 Å². The van der Waals surface area contributed by atoms with Gasteiger partial charge < -0.3 is 9.80 Å². The minimum atomic E-state index is -0.714. The van der Waals surface area contributed by atoms with Gasteiger partial charge in [0.1, 0.15) is 5.66 Å². The van der Waals surface area contributed by atoms with Crippen LogP contribution in [0.5, 0.6) is 0 Å². The summed E-state index contributed by atoms with van der Waals surface area (Å²) >= 11 is 0. The van der Waals surface area contributed by atoms with Crippen LogP contribution in [0.4, 0.5) is 22.7 Å². The molecule has 2 nitrogen and oxygen atoms in total. The molecule has 1 aliphatic carbocycles. The monoisotopic (exact) mass is 690 g/mol. The number of rotatable bonds is 7. The van der Waals surface area contributed by atoms with Gasteiger partial charge in [0.15, 0.2) is 0 Å². The van der Waals surface area contributed by atoms with Crippen LogP contribution < -0.4 is 9.80 Å². The zero-order valence-corrected chi connectivity index (χ0v) is 29.9. The number of hydrogen-bond acceptors (Lipinski definition) is 2. The Bertz CT molecular complexity index is 2560. The molecular formula is C52H38N2. The highest BCUT2D eigenvalue weighted by molar-refractivity contribution is 5.95. The molecule has 0 atom stereocenters. The van der Waals surface area contributed by atoms with Gasteiger partial charge in [0.05, 0.1) is 0 Å². The fourth-order valence-electron chi connectivity index (χ4n) is 8.35. The third kappa shape index (κ3) is 5.60. The van der Waals surface area contributed by atoms with Gasteiger partial charge in [-0.05, 0) is 109 Å². The van der Waals surface area contributed by atoms with Crippen LogP contribution in [0.2, 0.25) is 0 Å². The van der Waals surface area contributed by atoms with E-state index in [1.54, 1.807) is 0 Å². The Hall–Kier alpha value is -6.90. The van der Waals surface area contributed by atoms with Gasteiger partial charge in [-0.2, -0.15) is 0 Å². The molecule has 0 spiro atoms. The average Bonchev–Trinajstić information content (AvgIpc) is 3.24. The highest BCUT2D eigenvalue weighted by Gasteiger charge is 2.44. The molecule has 0 radical (unpaired) electrons. The van der Waals surface area contributed by atoms with E-state index in [4.69, 9.17) is 0 Å². The predicted octanol–water partition coefficient (Wildman–Crippen LogP) is 14.0. The van der Waals surface area contributed by atoms with Crippen LogP contribution in [0.25, 0.3) is 48.7 Å². The van der Waals surface area contributed by atoms with Gasteiger partial charge in [-0.15, -0.1) is 0 Å². The van der Waals surface area contributed by atoms with E-state index in [9.17, 15) is 0 Å². The lowest BCUT2D eigenvalue weighted by atomic mass is 9.87. The van der Waals surface area contributed by atoms with Crippen LogP contribution in [0, 0.1) is 0 Å². The fraction of sp³-hybridized carbons (Fsp3) is 0.0385. The maximum absolute atomic E-state index is 2.57. The van der Waals surface area contributed by atoms with Crippen molar-refractivity contribution in [3.05, 3.63) is 224 Å². The Morgan fingerprint density at radius 3 is 1.00 bits per heavy atom. The Balaban J connectivity index is 1.29. The second-order valence-electron chi connectivity index (χ2n) is 14.2. The first-order chi connectivity index (χ1) is 26.7. The van der Waals surface area contributed by atoms with Gasteiger partial charge in [0.25, 0.3) is 0 Å². The van der Waals surface area contributed by atoms with Crippen molar-refractivity contribution in [3.8, 4) is 0 Å². The first-order valence-corrected chi connectivity index (χ1v) is 18.7. The van der Waals surface area contributed by atoms with E-state index >= 15 is 0 Å². The van der Waals surface area contributed by atoms with Crippen molar-refractivity contribution in [2.24, 2.45) is 0 Å². The zero-order chi connectivity index (χ0) is 35.9. The molecule has 0 aromatic heterocycles. The van der Waals surface area contributed by atoms with Gasteiger partial charge >= 0.3 is 0 Å². The second-order valence-corrected chi connectivity index (χ2v) is 14.2. The van der Waals surface area contributed by atoms with E-state index < -0.39 is 5.66 Å². The number of fused-ring (bicyclic) bond motifs is 4. The molecule has 0 unspecified atom stereocenters. The summed E-state index contributed by atoms with van der Waals surface area (Å²) in [5.41, 5.74) is 6.21. The highest BCUT2D eigenvalue weighted by Crippen LogP contribution is 2.49. The Labute approximate surface area is 316 Å². The van der Waals surface area contributed by atoms with Crippen LogP contribution >= 0.6 is 0 Å². The van der Waals surface area contributed by atoms with Gasteiger partial charge in [0, 0.05) is 29.2 Å². The van der Waals surface area contributed by atoms with Crippen molar-refractivity contribution in [2.45, 2.75) is 12.1 Å². The first-order valence-electron chi connectivity index (χ1n) is 18.7. The minimum absolute atomic E-state index is 0.714. The van der Waals surface area contributed by atoms with Crippen LogP contribution in [0.15, 0.2) is 218 Å². The SMILES string of the molecule is C1=CC(N(c2ccc3ccccc3c2)c2ccc3ccccc3c2)(N(c2ccc3ccccc3c2)c2ccc3ccccc3c2)CC=C1c1ccccc1. The van der Waals surface area contributed by atoms with E-state index in [0.29, 0.717) is 6.42 Å². The summed E-state index contributed by atoms with van der Waals surface area (Å²) in [5.74, 6) is 0. The normalized spacial score (nSPS) is 13.7. The Morgan fingerprint density at radius 2 is 0.667 bits per heavy atom. The molecule has 10 rings (SSSR count). The van der Waals surface area contributed by atoms with Crippen molar-refractivity contribution in [1.82, 2.24) is 0 Å². The van der Waals surface area contributed by atoms with E-state index in [-0.39, 0.29) is 0 Å². The van der Waals surface area contributed by atoms with Crippen molar-refractivity contribution in [3.63, 3.8) is 0 Å². The van der Waals surface area contributed by atoms with Gasteiger partial charge in [0.2, 0.25) is 0 Å². The fourth-order valence-corrected chi connectivity index (χ4v) is 8.35. The quantitative estimate of drug-likeness (QED) is 0.154. The Kier molecular flexibility index (Phi) is 7.81. The summed E-state index contributed by atoms with van der Waals surface area (Å²) in [6.07, 6.45) is 7.93. The first kappa shape index (κ1) is 31.8. The zero-order valence-electron chi connectivity index (χ0n) is 29.9. The third-order valence-electron chi connectivity index (χ3n) is 11.0. The van der Waals surface area contributed by atoms with Gasteiger partial charge in [-0.1, -0.05) is 164 Å². The molecular weight excluding hydrogens is 653 g/mol. The number of hydrogen-bond donors (Lipinski definition) is 0. The maximum atomic E-state index is 2.57. The number of benzene rings is 9. The molecule has 2 heteroatoms. The average molecular weight is 691 g/mol. The van der Waals surface area contributed by atoms with Gasteiger partial charge in [-0.25, -0.2) is 0 Å².